The number of ether oxygens (including phenoxy) is 2. The summed E-state index contributed by atoms with van der Waals surface area (Å²) in [6.07, 6.45) is 3.31. The number of anilines is 2. The number of carbonyl (C=O) groups excluding carboxylic acids is 1. The number of allylic oxidation sites excluding steroid dienone is 1. The molecular weight excluding hydrogens is 460 g/mol. The first-order valence-electron chi connectivity index (χ1n) is 12.1. The Balaban J connectivity index is 1.44. The van der Waals surface area contributed by atoms with Crippen LogP contribution in [-0.2, 0) is 28.1 Å². The fourth-order valence-electron chi connectivity index (χ4n) is 4.30. The normalized spacial score (nSPS) is 16.5. The summed E-state index contributed by atoms with van der Waals surface area (Å²) in [6.45, 7) is 9.05. The molecular formula is C27H34N4O3S. The minimum atomic E-state index is -0.274. The van der Waals surface area contributed by atoms with Crippen LogP contribution in [0.4, 0.5) is 16.2 Å². The van der Waals surface area contributed by atoms with Gasteiger partial charge in [-0.15, -0.1) is 11.8 Å². The Morgan fingerprint density at radius 1 is 1.09 bits per heavy atom. The van der Waals surface area contributed by atoms with Crippen molar-refractivity contribution in [2.24, 2.45) is 4.99 Å². The molecule has 2 aliphatic heterocycles. The Morgan fingerprint density at radius 2 is 1.86 bits per heavy atom. The topological polar surface area (TPSA) is 66.4 Å². The van der Waals surface area contributed by atoms with Crippen LogP contribution in [0.5, 0.6) is 0 Å². The quantitative estimate of drug-likeness (QED) is 0.471. The van der Waals surface area contributed by atoms with Crippen LogP contribution in [0.25, 0.3) is 0 Å². The van der Waals surface area contributed by atoms with Crippen molar-refractivity contribution in [1.29, 1.82) is 0 Å². The number of amides is 1. The van der Waals surface area contributed by atoms with E-state index in [0.29, 0.717) is 13.2 Å². The van der Waals surface area contributed by atoms with Gasteiger partial charge in [0.1, 0.15) is 6.61 Å². The summed E-state index contributed by atoms with van der Waals surface area (Å²) in [6, 6.07) is 15.1. The van der Waals surface area contributed by atoms with Crippen LogP contribution in [-0.4, -0.2) is 65.9 Å². The average molecular weight is 495 g/mol. The number of thioether (sulfide) groups is 1. The van der Waals surface area contributed by atoms with Gasteiger partial charge in [0.25, 0.3) is 0 Å². The SMILES string of the molecule is C=N/C=C(/Cc1ccc(N2CCOCC2)cc1)SCc1cc(N2CCOC2=O)ccc1CCNC. The molecule has 0 spiro atoms. The Morgan fingerprint density at radius 3 is 2.54 bits per heavy atom. The van der Waals surface area contributed by atoms with E-state index in [1.54, 1.807) is 16.7 Å². The summed E-state index contributed by atoms with van der Waals surface area (Å²) in [5, 5.41) is 3.23. The van der Waals surface area contributed by atoms with E-state index < -0.39 is 0 Å². The van der Waals surface area contributed by atoms with E-state index in [1.807, 2.05) is 19.3 Å². The second kappa shape index (κ2) is 12.8. The smallest absolute Gasteiger partial charge is 0.414 e. The first-order chi connectivity index (χ1) is 17.2. The molecule has 1 N–H and O–H groups in total. The number of nitrogens with zero attached hydrogens (tertiary/aromatic N) is 3. The van der Waals surface area contributed by atoms with Crippen LogP contribution in [0.15, 0.2) is 58.6 Å². The zero-order valence-corrected chi connectivity index (χ0v) is 21.2. The third-order valence-electron chi connectivity index (χ3n) is 6.25. The molecule has 2 fully saturated rings. The van der Waals surface area contributed by atoms with E-state index in [0.717, 1.165) is 62.0 Å². The Kier molecular flexibility index (Phi) is 9.22. The molecule has 2 heterocycles. The van der Waals surface area contributed by atoms with Crippen molar-refractivity contribution >= 4 is 35.9 Å². The summed E-state index contributed by atoms with van der Waals surface area (Å²) in [5.41, 5.74) is 5.88. The lowest BCUT2D eigenvalue weighted by molar-refractivity contribution is 0.122. The van der Waals surface area contributed by atoms with Crippen molar-refractivity contribution in [3.63, 3.8) is 0 Å². The minimum Gasteiger partial charge on any atom is -0.447 e. The minimum absolute atomic E-state index is 0.274. The molecule has 0 unspecified atom stereocenters. The summed E-state index contributed by atoms with van der Waals surface area (Å²) < 4.78 is 10.6. The number of rotatable bonds is 11. The molecule has 0 aliphatic carbocycles. The first-order valence-corrected chi connectivity index (χ1v) is 13.1. The number of aliphatic imine (C=N–C) groups is 1. The van der Waals surface area contributed by atoms with Crippen molar-refractivity contribution in [3.8, 4) is 0 Å². The van der Waals surface area contributed by atoms with Crippen molar-refractivity contribution in [1.82, 2.24) is 5.32 Å². The Bertz CT molecular complexity index is 1040. The van der Waals surface area contributed by atoms with Crippen LogP contribution < -0.4 is 15.1 Å². The van der Waals surface area contributed by atoms with Gasteiger partial charge in [-0.2, -0.15) is 0 Å². The molecule has 4 rings (SSSR count). The van der Waals surface area contributed by atoms with Gasteiger partial charge >= 0.3 is 6.09 Å². The molecule has 0 atom stereocenters. The lowest BCUT2D eigenvalue weighted by atomic mass is 10.0. The first kappa shape index (κ1) is 25.3. The number of likely N-dealkylation sites (N-methyl/N-ethyl adjacent to an activating group) is 1. The van der Waals surface area contributed by atoms with E-state index in [-0.39, 0.29) is 6.09 Å². The molecule has 0 aromatic heterocycles. The number of morpholine rings is 1. The average Bonchev–Trinajstić information content (AvgIpc) is 3.33. The van der Waals surface area contributed by atoms with Crippen LogP contribution in [0, 0.1) is 0 Å². The van der Waals surface area contributed by atoms with Gasteiger partial charge in [-0.05, 0) is 67.7 Å². The van der Waals surface area contributed by atoms with Crippen LogP contribution in [0.2, 0.25) is 0 Å². The lowest BCUT2D eigenvalue weighted by Crippen LogP contribution is -2.36. The second-order valence-corrected chi connectivity index (χ2v) is 9.68. The van der Waals surface area contributed by atoms with Crippen molar-refractivity contribution in [2.45, 2.75) is 18.6 Å². The number of hydrogen-bond donors (Lipinski definition) is 1. The highest BCUT2D eigenvalue weighted by molar-refractivity contribution is 8.02. The highest BCUT2D eigenvalue weighted by Crippen LogP contribution is 2.30. The van der Waals surface area contributed by atoms with E-state index >= 15 is 0 Å². The maximum atomic E-state index is 12.1. The van der Waals surface area contributed by atoms with Gasteiger partial charge in [0, 0.05) is 47.7 Å². The van der Waals surface area contributed by atoms with Gasteiger partial charge < -0.3 is 19.7 Å². The molecule has 35 heavy (non-hydrogen) atoms. The number of carbonyl (C=O) groups is 1. The molecule has 0 saturated carbocycles. The predicted molar refractivity (Wildman–Crippen MR) is 145 cm³/mol. The van der Waals surface area contributed by atoms with Crippen molar-refractivity contribution in [3.05, 3.63) is 70.3 Å². The zero-order chi connectivity index (χ0) is 24.5. The lowest BCUT2D eigenvalue weighted by Gasteiger charge is -2.28. The fraction of sp³-hybridized carbons (Fsp3) is 0.407. The standard InChI is InChI=1S/C27H34N4O3S/c1-28-10-9-22-5-8-25(31-13-16-34-27(31)32)18-23(22)20-35-26(19-29-2)17-21-3-6-24(7-4-21)30-11-14-33-15-12-30/h3-8,18-19,28H,2,9-17,20H2,1H3/b26-19-. The third-order valence-corrected chi connectivity index (χ3v) is 7.32. The Hall–Kier alpha value is -2.81. The summed E-state index contributed by atoms with van der Waals surface area (Å²) >= 11 is 1.77. The van der Waals surface area contributed by atoms with Crippen molar-refractivity contribution in [2.75, 3.05) is 62.8 Å². The molecule has 7 nitrogen and oxygen atoms in total. The molecule has 2 aromatic carbocycles. The third kappa shape index (κ3) is 6.87. The summed E-state index contributed by atoms with van der Waals surface area (Å²) in [7, 11) is 1.96. The van der Waals surface area contributed by atoms with E-state index in [2.05, 4.69) is 58.3 Å². The van der Waals surface area contributed by atoms with Crippen molar-refractivity contribution < 1.29 is 14.3 Å². The van der Waals surface area contributed by atoms with Crippen LogP contribution in [0.3, 0.4) is 0 Å². The highest BCUT2D eigenvalue weighted by atomic mass is 32.2. The van der Waals surface area contributed by atoms with Crippen LogP contribution in [0.1, 0.15) is 16.7 Å². The number of hydrogen-bond acceptors (Lipinski definition) is 7. The molecule has 2 aliphatic rings. The maximum Gasteiger partial charge on any atom is 0.414 e. The highest BCUT2D eigenvalue weighted by Gasteiger charge is 2.24. The number of cyclic esters (lactones) is 1. The van der Waals surface area contributed by atoms with Gasteiger partial charge in [-0.1, -0.05) is 18.2 Å². The zero-order valence-electron chi connectivity index (χ0n) is 20.4. The molecule has 2 saturated heterocycles. The number of nitrogens with one attached hydrogen (secondary N) is 1. The molecule has 0 bridgehead atoms. The van der Waals surface area contributed by atoms with E-state index in [9.17, 15) is 4.79 Å². The van der Waals surface area contributed by atoms with E-state index in [1.165, 1.54) is 22.4 Å². The second-order valence-electron chi connectivity index (χ2n) is 8.58. The number of benzene rings is 2. The monoisotopic (exact) mass is 494 g/mol. The molecule has 186 valence electrons. The van der Waals surface area contributed by atoms with Crippen LogP contribution >= 0.6 is 11.8 Å². The molecule has 2 aromatic rings. The van der Waals surface area contributed by atoms with Gasteiger partial charge in [-0.3, -0.25) is 9.89 Å². The van der Waals surface area contributed by atoms with Gasteiger partial charge in [0.15, 0.2) is 0 Å². The largest absolute Gasteiger partial charge is 0.447 e. The fourth-order valence-corrected chi connectivity index (χ4v) is 5.33. The summed E-state index contributed by atoms with van der Waals surface area (Å²) in [4.78, 5) is 21.4. The maximum absolute atomic E-state index is 12.1. The summed E-state index contributed by atoms with van der Waals surface area (Å²) in [5.74, 6) is 0.795. The van der Waals surface area contributed by atoms with Gasteiger partial charge in [-0.25, -0.2) is 4.79 Å². The Labute approximate surface area is 212 Å². The molecule has 1 amide bonds. The van der Waals surface area contributed by atoms with Gasteiger partial charge in [0.2, 0.25) is 0 Å². The van der Waals surface area contributed by atoms with Gasteiger partial charge in [0.05, 0.1) is 19.8 Å². The van der Waals surface area contributed by atoms with E-state index in [4.69, 9.17) is 9.47 Å². The molecule has 0 radical (unpaired) electrons. The molecule has 8 heteroatoms. The predicted octanol–water partition coefficient (Wildman–Crippen LogP) is 4.26.